The lowest BCUT2D eigenvalue weighted by Gasteiger charge is -2.24. The number of aliphatic imine (C=N–C) groups is 1. The zero-order chi connectivity index (χ0) is 24.3. The zero-order valence-corrected chi connectivity index (χ0v) is 21.0. The van der Waals surface area contributed by atoms with Gasteiger partial charge in [-0.3, -0.25) is 4.79 Å². The normalized spacial score (nSPS) is 22.0. The molecule has 0 aromatic heterocycles. The van der Waals surface area contributed by atoms with Crippen LogP contribution in [0, 0.1) is 0 Å². The van der Waals surface area contributed by atoms with Gasteiger partial charge in [0.2, 0.25) is 0 Å². The van der Waals surface area contributed by atoms with Gasteiger partial charge >= 0.3 is 0 Å². The summed E-state index contributed by atoms with van der Waals surface area (Å²) in [6, 6.07) is 13.0. The molecule has 0 spiro atoms. The summed E-state index contributed by atoms with van der Waals surface area (Å²) in [6.07, 6.45) is 0.821. The van der Waals surface area contributed by atoms with Gasteiger partial charge in [-0.1, -0.05) is 30.0 Å². The largest absolute Gasteiger partial charge is 0.497 e. The number of amides is 1. The minimum Gasteiger partial charge on any atom is -0.497 e. The van der Waals surface area contributed by atoms with Crippen molar-refractivity contribution in [1.82, 2.24) is 4.90 Å². The van der Waals surface area contributed by atoms with E-state index in [0.29, 0.717) is 29.6 Å². The Labute approximate surface area is 204 Å². The predicted molar refractivity (Wildman–Crippen MR) is 133 cm³/mol. The van der Waals surface area contributed by atoms with E-state index >= 15 is 0 Å². The van der Waals surface area contributed by atoms with Crippen molar-refractivity contribution >= 4 is 32.7 Å². The highest BCUT2D eigenvalue weighted by Crippen LogP contribution is 2.38. The maximum atomic E-state index is 12.8. The van der Waals surface area contributed by atoms with Gasteiger partial charge in [-0.2, -0.15) is 4.99 Å². The average Bonchev–Trinajstić information content (AvgIpc) is 3.28. The molecule has 34 heavy (non-hydrogen) atoms. The molecule has 1 amide bonds. The van der Waals surface area contributed by atoms with Crippen LogP contribution in [0.2, 0.25) is 0 Å². The third-order valence-corrected chi connectivity index (χ3v) is 9.25. The van der Waals surface area contributed by atoms with Gasteiger partial charge in [0.15, 0.2) is 26.5 Å². The van der Waals surface area contributed by atoms with E-state index in [1.54, 1.807) is 33.5 Å². The number of methoxy groups -OCH3 is 3. The van der Waals surface area contributed by atoms with Gasteiger partial charge in [-0.25, -0.2) is 8.42 Å². The minimum absolute atomic E-state index is 0.0934. The molecule has 2 saturated heterocycles. The van der Waals surface area contributed by atoms with Crippen molar-refractivity contribution in [3.8, 4) is 17.2 Å². The summed E-state index contributed by atoms with van der Waals surface area (Å²) in [7, 11) is 1.64. The second-order valence-electron chi connectivity index (χ2n) is 8.25. The molecule has 0 saturated carbocycles. The summed E-state index contributed by atoms with van der Waals surface area (Å²) in [5, 5.41) is 0.498. The first kappa shape index (κ1) is 24.4. The van der Waals surface area contributed by atoms with E-state index in [1.165, 1.54) is 11.8 Å². The third kappa shape index (κ3) is 5.50. The summed E-state index contributed by atoms with van der Waals surface area (Å²) in [6.45, 7) is 0.582. The number of hydrogen-bond acceptors (Lipinski definition) is 7. The highest BCUT2D eigenvalue weighted by Gasteiger charge is 2.48. The third-order valence-electron chi connectivity index (χ3n) is 6.00. The predicted octanol–water partition coefficient (Wildman–Crippen LogP) is 2.59. The Morgan fingerprint density at radius 3 is 2.38 bits per heavy atom. The molecule has 0 bridgehead atoms. The Bertz CT molecular complexity index is 1180. The van der Waals surface area contributed by atoms with Crippen molar-refractivity contribution in [2.75, 3.05) is 39.4 Å². The van der Waals surface area contributed by atoms with Gasteiger partial charge in [0.25, 0.3) is 5.91 Å². The number of thioether (sulfide) groups is 1. The van der Waals surface area contributed by atoms with E-state index in [1.807, 2.05) is 35.2 Å². The van der Waals surface area contributed by atoms with Crippen LogP contribution in [0.5, 0.6) is 17.2 Å². The van der Waals surface area contributed by atoms with Gasteiger partial charge in [0.1, 0.15) is 5.75 Å². The number of benzene rings is 2. The van der Waals surface area contributed by atoms with Crippen LogP contribution in [0.15, 0.2) is 47.5 Å². The van der Waals surface area contributed by atoms with E-state index < -0.39 is 9.84 Å². The van der Waals surface area contributed by atoms with Crippen LogP contribution in [0.1, 0.15) is 11.1 Å². The Balaban J connectivity index is 1.50. The monoisotopic (exact) mass is 504 g/mol. The minimum atomic E-state index is -3.09. The molecule has 2 aliphatic heterocycles. The van der Waals surface area contributed by atoms with Crippen molar-refractivity contribution in [2.45, 2.75) is 24.1 Å². The molecule has 4 rings (SSSR count). The van der Waals surface area contributed by atoms with Crippen LogP contribution in [0.4, 0.5) is 0 Å². The second-order valence-corrected chi connectivity index (χ2v) is 11.6. The summed E-state index contributed by atoms with van der Waals surface area (Å²) in [5.41, 5.74) is 1.87. The molecule has 2 aliphatic rings. The Morgan fingerprint density at radius 1 is 1.00 bits per heavy atom. The van der Waals surface area contributed by atoms with Crippen molar-refractivity contribution in [3.05, 3.63) is 53.6 Å². The molecule has 0 unspecified atom stereocenters. The number of hydrogen-bond donors (Lipinski definition) is 0. The number of ether oxygens (including phenoxy) is 3. The molecule has 2 aromatic rings. The number of amidine groups is 1. The van der Waals surface area contributed by atoms with E-state index in [2.05, 4.69) is 4.99 Å². The highest BCUT2D eigenvalue weighted by atomic mass is 32.2. The SMILES string of the molecule is COc1ccc(CCN2C(=NC(=O)Cc3ccc(OC)c(OC)c3)S[C@@H]3CS(=O)(=O)C[C@@H]32)cc1. The Kier molecular flexibility index (Phi) is 7.37. The van der Waals surface area contributed by atoms with Crippen LogP contribution in [0.3, 0.4) is 0 Å². The maximum Gasteiger partial charge on any atom is 0.252 e. The molecule has 2 heterocycles. The smallest absolute Gasteiger partial charge is 0.252 e. The van der Waals surface area contributed by atoms with Crippen molar-refractivity contribution in [1.29, 1.82) is 0 Å². The molecule has 0 N–H and O–H groups in total. The fourth-order valence-electron chi connectivity index (χ4n) is 4.25. The second kappa shape index (κ2) is 10.3. The van der Waals surface area contributed by atoms with Gasteiger partial charge in [0, 0.05) is 11.8 Å². The number of nitrogens with zero attached hydrogens (tertiary/aromatic N) is 2. The number of carbonyl (C=O) groups is 1. The molecule has 10 heteroatoms. The zero-order valence-electron chi connectivity index (χ0n) is 19.4. The molecular formula is C24H28N2O6S2. The van der Waals surface area contributed by atoms with E-state index in [-0.39, 0.29) is 35.1 Å². The van der Waals surface area contributed by atoms with E-state index in [0.717, 1.165) is 16.9 Å². The van der Waals surface area contributed by atoms with Gasteiger partial charge in [0.05, 0.1) is 45.3 Å². The van der Waals surface area contributed by atoms with Crippen LogP contribution in [-0.4, -0.2) is 75.1 Å². The van der Waals surface area contributed by atoms with Crippen LogP contribution in [0.25, 0.3) is 0 Å². The molecule has 182 valence electrons. The summed E-state index contributed by atoms with van der Waals surface area (Å²) < 4.78 is 40.2. The van der Waals surface area contributed by atoms with Crippen molar-refractivity contribution in [3.63, 3.8) is 0 Å². The molecule has 2 fully saturated rings. The summed E-state index contributed by atoms with van der Waals surface area (Å²) >= 11 is 1.40. The number of fused-ring (bicyclic) bond motifs is 1. The highest BCUT2D eigenvalue weighted by molar-refractivity contribution is 8.15. The lowest BCUT2D eigenvalue weighted by Crippen LogP contribution is -2.39. The van der Waals surface area contributed by atoms with Crippen LogP contribution >= 0.6 is 11.8 Å². The lowest BCUT2D eigenvalue weighted by molar-refractivity contribution is -0.117. The van der Waals surface area contributed by atoms with Crippen molar-refractivity contribution < 1.29 is 27.4 Å². The van der Waals surface area contributed by atoms with Crippen LogP contribution in [-0.2, 0) is 27.5 Å². The van der Waals surface area contributed by atoms with Gasteiger partial charge < -0.3 is 19.1 Å². The van der Waals surface area contributed by atoms with Gasteiger partial charge in [-0.05, 0) is 41.8 Å². The number of sulfone groups is 1. The molecule has 0 aliphatic carbocycles. The Morgan fingerprint density at radius 2 is 1.71 bits per heavy atom. The lowest BCUT2D eigenvalue weighted by atomic mass is 10.1. The molecular weight excluding hydrogens is 476 g/mol. The average molecular weight is 505 g/mol. The molecule has 2 aromatic carbocycles. The quantitative estimate of drug-likeness (QED) is 0.542. The first-order chi connectivity index (χ1) is 16.3. The Hall–Kier alpha value is -2.72. The van der Waals surface area contributed by atoms with Crippen LogP contribution < -0.4 is 14.2 Å². The van der Waals surface area contributed by atoms with Crippen molar-refractivity contribution in [2.24, 2.45) is 4.99 Å². The number of carbonyl (C=O) groups excluding carboxylic acids is 1. The fraction of sp³-hybridized carbons (Fsp3) is 0.417. The summed E-state index contributed by atoms with van der Waals surface area (Å²) in [4.78, 5) is 19.2. The van der Waals surface area contributed by atoms with E-state index in [9.17, 15) is 13.2 Å². The van der Waals surface area contributed by atoms with E-state index in [4.69, 9.17) is 14.2 Å². The molecule has 8 nitrogen and oxygen atoms in total. The molecule has 2 atom stereocenters. The number of rotatable bonds is 8. The first-order valence-electron chi connectivity index (χ1n) is 10.9. The maximum absolute atomic E-state index is 12.8. The topological polar surface area (TPSA) is 94.5 Å². The first-order valence-corrected chi connectivity index (χ1v) is 13.6. The van der Waals surface area contributed by atoms with Gasteiger partial charge in [-0.15, -0.1) is 0 Å². The fourth-order valence-corrected chi connectivity index (χ4v) is 8.25. The molecule has 0 radical (unpaired) electrons. The standard InChI is InChI=1S/C24H28N2O6S2/c1-30-18-7-4-16(5-8-18)10-11-26-19-14-34(28,29)15-22(19)33-24(26)25-23(27)13-17-6-9-20(31-2)21(12-17)32-3/h4-9,12,19,22H,10-11,13-15H2,1-3H3/t19-,22+/m0/s1. The summed E-state index contributed by atoms with van der Waals surface area (Å²) in [5.74, 6) is 1.85.